The lowest BCUT2D eigenvalue weighted by atomic mass is 9.82. The van der Waals surface area contributed by atoms with Crippen molar-refractivity contribution in [3.8, 4) is 22.3 Å². The smallest absolute Gasteiger partial charge is 0.0317 e. The van der Waals surface area contributed by atoms with E-state index in [0.29, 0.717) is 0 Å². The van der Waals surface area contributed by atoms with Crippen molar-refractivity contribution in [2.24, 2.45) is 0 Å². The molecule has 0 bridgehead atoms. The van der Waals surface area contributed by atoms with Crippen molar-refractivity contribution in [2.75, 3.05) is 5.73 Å². The molecule has 0 radical (unpaired) electrons. The molecule has 108 valence electrons. The topological polar surface area (TPSA) is 26.0 Å². The summed E-state index contributed by atoms with van der Waals surface area (Å²) < 4.78 is 0. The fraction of sp³-hybridized carbons (Fsp3) is 0.143. The van der Waals surface area contributed by atoms with E-state index in [9.17, 15) is 0 Å². The van der Waals surface area contributed by atoms with Crippen LogP contribution in [0.25, 0.3) is 22.3 Å². The van der Waals surface area contributed by atoms with Crippen molar-refractivity contribution < 1.29 is 0 Å². The van der Waals surface area contributed by atoms with Gasteiger partial charge in [0.05, 0.1) is 0 Å². The van der Waals surface area contributed by atoms with Gasteiger partial charge < -0.3 is 5.73 Å². The molecule has 1 nitrogen and oxygen atoms in total. The number of hydrogen-bond acceptors (Lipinski definition) is 1. The molecular weight excluding hydrogens is 266 g/mol. The van der Waals surface area contributed by atoms with Crippen molar-refractivity contribution in [1.29, 1.82) is 0 Å². The van der Waals surface area contributed by atoms with Gasteiger partial charge in [0, 0.05) is 11.1 Å². The number of benzene rings is 3. The van der Waals surface area contributed by atoms with Crippen LogP contribution in [0.3, 0.4) is 0 Å². The normalized spacial score (nSPS) is 14.5. The second-order valence-electron chi connectivity index (χ2n) is 6.52. The van der Waals surface area contributed by atoms with Crippen LogP contribution in [0.4, 0.5) is 5.69 Å². The molecule has 3 aromatic rings. The Balaban J connectivity index is 2.07. The Bertz CT molecular complexity index is 860. The van der Waals surface area contributed by atoms with Gasteiger partial charge in [-0.1, -0.05) is 68.4 Å². The lowest BCUT2D eigenvalue weighted by molar-refractivity contribution is 0.661. The minimum atomic E-state index is -0.00909. The van der Waals surface area contributed by atoms with Crippen molar-refractivity contribution in [2.45, 2.75) is 19.3 Å². The van der Waals surface area contributed by atoms with Crippen LogP contribution in [0, 0.1) is 0 Å². The SMILES string of the molecule is CC1(C)c2cc(N)ccc2-c2c(-c3ccccc3)cccc21. The van der Waals surface area contributed by atoms with Crippen molar-refractivity contribution in [1.82, 2.24) is 0 Å². The first-order chi connectivity index (χ1) is 10.6. The molecule has 0 saturated carbocycles. The van der Waals surface area contributed by atoms with Gasteiger partial charge in [-0.3, -0.25) is 0 Å². The average Bonchev–Trinajstić information content (AvgIpc) is 2.76. The molecule has 0 fully saturated rings. The van der Waals surface area contributed by atoms with E-state index in [1.54, 1.807) is 0 Å². The molecule has 0 atom stereocenters. The third-order valence-electron chi connectivity index (χ3n) is 4.81. The minimum absolute atomic E-state index is 0.00909. The number of anilines is 1. The van der Waals surface area contributed by atoms with Crippen LogP contribution >= 0.6 is 0 Å². The predicted molar refractivity (Wildman–Crippen MR) is 93.9 cm³/mol. The second kappa shape index (κ2) is 4.48. The van der Waals surface area contributed by atoms with Crippen molar-refractivity contribution in [3.05, 3.63) is 77.9 Å². The molecule has 3 aromatic carbocycles. The third-order valence-corrected chi connectivity index (χ3v) is 4.81. The van der Waals surface area contributed by atoms with Crippen molar-refractivity contribution in [3.63, 3.8) is 0 Å². The highest BCUT2D eigenvalue weighted by Crippen LogP contribution is 2.52. The Hall–Kier alpha value is -2.54. The lowest BCUT2D eigenvalue weighted by Gasteiger charge is -2.21. The average molecular weight is 285 g/mol. The monoisotopic (exact) mass is 285 g/mol. The molecule has 0 aliphatic heterocycles. The first kappa shape index (κ1) is 13.1. The highest BCUT2D eigenvalue weighted by atomic mass is 14.6. The van der Waals surface area contributed by atoms with Crippen LogP contribution in [0.2, 0.25) is 0 Å². The summed E-state index contributed by atoms with van der Waals surface area (Å²) in [5, 5.41) is 0. The molecule has 0 unspecified atom stereocenters. The highest BCUT2D eigenvalue weighted by Gasteiger charge is 2.36. The van der Waals surface area contributed by atoms with E-state index in [-0.39, 0.29) is 5.41 Å². The summed E-state index contributed by atoms with van der Waals surface area (Å²) in [4.78, 5) is 0. The number of fused-ring (bicyclic) bond motifs is 3. The van der Waals surface area contributed by atoms with Gasteiger partial charge in [-0.05, 0) is 45.5 Å². The highest BCUT2D eigenvalue weighted by molar-refractivity contribution is 5.93. The van der Waals surface area contributed by atoms with E-state index in [1.807, 2.05) is 6.07 Å². The molecule has 0 heterocycles. The zero-order chi connectivity index (χ0) is 15.3. The summed E-state index contributed by atoms with van der Waals surface area (Å²) in [5.41, 5.74) is 14.8. The van der Waals surface area contributed by atoms with Crippen LogP contribution < -0.4 is 5.73 Å². The number of hydrogen-bond donors (Lipinski definition) is 1. The molecule has 4 rings (SSSR count). The van der Waals surface area contributed by atoms with E-state index in [0.717, 1.165) is 5.69 Å². The largest absolute Gasteiger partial charge is 0.399 e. The Morgan fingerprint density at radius 1 is 0.727 bits per heavy atom. The maximum atomic E-state index is 6.04. The number of rotatable bonds is 1. The summed E-state index contributed by atoms with van der Waals surface area (Å²) in [6.07, 6.45) is 0. The molecule has 1 aliphatic rings. The Morgan fingerprint density at radius 2 is 1.50 bits per heavy atom. The van der Waals surface area contributed by atoms with Gasteiger partial charge in [-0.25, -0.2) is 0 Å². The molecule has 0 aromatic heterocycles. The molecule has 1 aliphatic carbocycles. The van der Waals surface area contributed by atoms with Crippen LogP contribution in [-0.4, -0.2) is 0 Å². The van der Waals surface area contributed by atoms with Gasteiger partial charge in [0.1, 0.15) is 0 Å². The molecule has 0 amide bonds. The van der Waals surface area contributed by atoms with Gasteiger partial charge in [-0.15, -0.1) is 0 Å². The minimum Gasteiger partial charge on any atom is -0.399 e. The summed E-state index contributed by atoms with van der Waals surface area (Å²) >= 11 is 0. The first-order valence-corrected chi connectivity index (χ1v) is 7.68. The van der Waals surface area contributed by atoms with E-state index in [4.69, 9.17) is 5.73 Å². The first-order valence-electron chi connectivity index (χ1n) is 7.68. The number of nitrogens with two attached hydrogens (primary N) is 1. The van der Waals surface area contributed by atoms with Gasteiger partial charge in [0.2, 0.25) is 0 Å². The Labute approximate surface area is 131 Å². The quantitative estimate of drug-likeness (QED) is 0.608. The summed E-state index contributed by atoms with van der Waals surface area (Å²) in [7, 11) is 0. The van der Waals surface area contributed by atoms with E-state index in [2.05, 4.69) is 74.5 Å². The molecular formula is C21H19N. The second-order valence-corrected chi connectivity index (χ2v) is 6.52. The molecule has 0 saturated heterocycles. The fourth-order valence-electron chi connectivity index (χ4n) is 3.66. The predicted octanol–water partition coefficient (Wildman–Crippen LogP) is 5.24. The van der Waals surface area contributed by atoms with Gasteiger partial charge in [0.25, 0.3) is 0 Å². The lowest BCUT2D eigenvalue weighted by Crippen LogP contribution is -2.15. The van der Waals surface area contributed by atoms with Gasteiger partial charge in [-0.2, -0.15) is 0 Å². The van der Waals surface area contributed by atoms with E-state index in [1.165, 1.54) is 33.4 Å². The fourth-order valence-corrected chi connectivity index (χ4v) is 3.66. The maximum absolute atomic E-state index is 6.04. The third kappa shape index (κ3) is 1.72. The Kier molecular flexibility index (Phi) is 2.67. The van der Waals surface area contributed by atoms with Crippen LogP contribution in [-0.2, 0) is 5.41 Å². The standard InChI is InChI=1S/C21H19N/c1-21(2)18-10-6-9-16(14-7-4-3-5-8-14)20(18)17-12-11-15(22)13-19(17)21/h3-13H,22H2,1-2H3. The molecule has 22 heavy (non-hydrogen) atoms. The van der Waals surface area contributed by atoms with Crippen LogP contribution in [0.1, 0.15) is 25.0 Å². The molecule has 2 N–H and O–H groups in total. The maximum Gasteiger partial charge on any atom is 0.0317 e. The van der Waals surface area contributed by atoms with E-state index < -0.39 is 0 Å². The summed E-state index contributed by atoms with van der Waals surface area (Å²) in [6, 6.07) is 23.5. The van der Waals surface area contributed by atoms with Crippen LogP contribution in [0.15, 0.2) is 66.7 Å². The van der Waals surface area contributed by atoms with E-state index >= 15 is 0 Å². The van der Waals surface area contributed by atoms with Gasteiger partial charge in [0.15, 0.2) is 0 Å². The zero-order valence-corrected chi connectivity index (χ0v) is 12.9. The number of nitrogen functional groups attached to an aromatic ring is 1. The Morgan fingerprint density at radius 3 is 2.27 bits per heavy atom. The molecule has 0 spiro atoms. The van der Waals surface area contributed by atoms with Crippen molar-refractivity contribution >= 4 is 5.69 Å². The summed E-state index contributed by atoms with van der Waals surface area (Å²) in [6.45, 7) is 4.57. The molecule has 1 heteroatoms. The van der Waals surface area contributed by atoms with Crippen LogP contribution in [0.5, 0.6) is 0 Å². The van der Waals surface area contributed by atoms with Gasteiger partial charge >= 0.3 is 0 Å². The zero-order valence-electron chi connectivity index (χ0n) is 12.9. The summed E-state index contributed by atoms with van der Waals surface area (Å²) in [5.74, 6) is 0.